The molecule has 14 heavy (non-hydrogen) atoms. The van der Waals surface area contributed by atoms with Crippen molar-refractivity contribution in [3.05, 3.63) is 0 Å². The third kappa shape index (κ3) is 0.934. The minimum absolute atomic E-state index is 0.0738. The van der Waals surface area contributed by atoms with Gasteiger partial charge in [0.1, 0.15) is 6.04 Å². The van der Waals surface area contributed by atoms with Gasteiger partial charge >= 0.3 is 0 Å². The number of nitrogens with zero attached hydrogens (tertiary/aromatic N) is 3. The van der Waals surface area contributed by atoms with Crippen LogP contribution in [0.2, 0.25) is 0 Å². The van der Waals surface area contributed by atoms with Gasteiger partial charge in [-0.25, -0.2) is 4.99 Å². The zero-order valence-corrected chi connectivity index (χ0v) is 7.60. The second-order valence-electron chi connectivity index (χ2n) is 3.56. The SMILES string of the molecule is O=C1C2NC=NC2NC2=NCCCN12. The Bertz CT molecular complexity index is 337. The summed E-state index contributed by atoms with van der Waals surface area (Å²) in [5, 5.41) is 6.08. The Morgan fingerprint density at radius 1 is 1.57 bits per heavy atom. The second kappa shape index (κ2) is 2.70. The molecule has 0 saturated carbocycles. The number of rotatable bonds is 0. The average molecular weight is 193 g/mol. The highest BCUT2D eigenvalue weighted by molar-refractivity contribution is 6.04. The maximum absolute atomic E-state index is 11.9. The first-order valence-electron chi connectivity index (χ1n) is 4.76. The number of hydrogen-bond donors (Lipinski definition) is 2. The third-order valence-electron chi connectivity index (χ3n) is 2.67. The fraction of sp³-hybridized carbons (Fsp3) is 0.625. The molecule has 6 nitrogen and oxygen atoms in total. The third-order valence-corrected chi connectivity index (χ3v) is 2.67. The van der Waals surface area contributed by atoms with Crippen molar-refractivity contribution in [2.24, 2.45) is 9.98 Å². The van der Waals surface area contributed by atoms with Crippen LogP contribution in [0.4, 0.5) is 0 Å². The van der Waals surface area contributed by atoms with Crippen LogP contribution in [0.1, 0.15) is 6.42 Å². The van der Waals surface area contributed by atoms with E-state index < -0.39 is 0 Å². The van der Waals surface area contributed by atoms with Gasteiger partial charge in [-0.15, -0.1) is 0 Å². The van der Waals surface area contributed by atoms with Gasteiger partial charge in [-0.3, -0.25) is 14.7 Å². The van der Waals surface area contributed by atoms with Gasteiger partial charge in [0, 0.05) is 13.1 Å². The Labute approximate surface area is 81.1 Å². The van der Waals surface area contributed by atoms with Crippen molar-refractivity contribution < 1.29 is 4.79 Å². The van der Waals surface area contributed by atoms with E-state index in [1.165, 1.54) is 0 Å². The Balaban J connectivity index is 1.93. The lowest BCUT2D eigenvalue weighted by Crippen LogP contribution is -2.65. The Morgan fingerprint density at radius 2 is 2.50 bits per heavy atom. The van der Waals surface area contributed by atoms with E-state index >= 15 is 0 Å². The van der Waals surface area contributed by atoms with E-state index in [9.17, 15) is 4.79 Å². The van der Waals surface area contributed by atoms with E-state index in [1.54, 1.807) is 11.2 Å². The molecule has 2 unspecified atom stereocenters. The molecule has 1 fully saturated rings. The number of aliphatic imine (C=N–C) groups is 2. The maximum atomic E-state index is 11.9. The van der Waals surface area contributed by atoms with Crippen LogP contribution in [0, 0.1) is 0 Å². The fourth-order valence-corrected chi connectivity index (χ4v) is 1.95. The van der Waals surface area contributed by atoms with Crippen LogP contribution >= 0.6 is 0 Å². The van der Waals surface area contributed by atoms with Crippen molar-refractivity contribution in [2.45, 2.75) is 18.6 Å². The lowest BCUT2D eigenvalue weighted by Gasteiger charge is -2.37. The summed E-state index contributed by atoms with van der Waals surface area (Å²) >= 11 is 0. The van der Waals surface area contributed by atoms with Crippen LogP contribution in [-0.4, -0.2) is 48.4 Å². The van der Waals surface area contributed by atoms with Crippen molar-refractivity contribution in [1.82, 2.24) is 15.5 Å². The molecular formula is C8H11N5O. The molecule has 0 aromatic heterocycles. The molecule has 74 valence electrons. The summed E-state index contributed by atoms with van der Waals surface area (Å²) in [6.07, 6.45) is 2.35. The maximum Gasteiger partial charge on any atom is 0.255 e. The van der Waals surface area contributed by atoms with Crippen molar-refractivity contribution >= 4 is 18.2 Å². The molecule has 0 bridgehead atoms. The smallest absolute Gasteiger partial charge is 0.255 e. The van der Waals surface area contributed by atoms with Crippen molar-refractivity contribution in [2.75, 3.05) is 13.1 Å². The molecule has 1 saturated heterocycles. The Hall–Kier alpha value is -1.59. The minimum atomic E-state index is -0.243. The molecule has 2 atom stereocenters. The summed E-state index contributed by atoms with van der Waals surface area (Å²) < 4.78 is 0. The van der Waals surface area contributed by atoms with E-state index in [2.05, 4.69) is 20.6 Å². The highest BCUT2D eigenvalue weighted by atomic mass is 16.2. The van der Waals surface area contributed by atoms with Gasteiger partial charge in [-0.05, 0) is 6.42 Å². The summed E-state index contributed by atoms with van der Waals surface area (Å²) in [7, 11) is 0. The number of carbonyl (C=O) groups excluding carboxylic acids is 1. The normalized spacial score (nSPS) is 34.1. The van der Waals surface area contributed by atoms with Crippen LogP contribution in [0.25, 0.3) is 0 Å². The number of hydrogen-bond acceptors (Lipinski definition) is 5. The standard InChI is InChI=1S/C8H11N5O/c14-7-5-6(11-4-10-5)12-8-9-2-1-3-13(7)8/h4-6H,1-3H2,(H,9,12)(H,10,11). The Morgan fingerprint density at radius 3 is 3.43 bits per heavy atom. The summed E-state index contributed by atoms with van der Waals surface area (Å²) in [6, 6.07) is -0.243. The number of fused-ring (bicyclic) bond motifs is 2. The van der Waals surface area contributed by atoms with Crippen LogP contribution in [0.15, 0.2) is 9.98 Å². The zero-order valence-electron chi connectivity index (χ0n) is 7.60. The molecule has 0 aromatic rings. The van der Waals surface area contributed by atoms with Gasteiger partial charge in [0.25, 0.3) is 5.91 Å². The molecule has 0 aromatic carbocycles. The highest BCUT2D eigenvalue weighted by Crippen LogP contribution is 2.15. The molecule has 0 radical (unpaired) electrons. The molecule has 0 spiro atoms. The molecule has 3 heterocycles. The van der Waals surface area contributed by atoms with Crippen molar-refractivity contribution in [1.29, 1.82) is 0 Å². The van der Waals surface area contributed by atoms with E-state index in [0.29, 0.717) is 5.96 Å². The number of amides is 1. The number of guanidine groups is 1. The van der Waals surface area contributed by atoms with Crippen molar-refractivity contribution in [3.63, 3.8) is 0 Å². The van der Waals surface area contributed by atoms with Crippen LogP contribution in [0.5, 0.6) is 0 Å². The Kier molecular flexibility index (Phi) is 1.50. The first kappa shape index (κ1) is 7.78. The average Bonchev–Trinajstić information content (AvgIpc) is 2.66. The minimum Gasteiger partial charge on any atom is -0.362 e. The molecule has 1 amide bonds. The van der Waals surface area contributed by atoms with Gasteiger partial charge in [0.15, 0.2) is 6.17 Å². The van der Waals surface area contributed by atoms with E-state index in [1.807, 2.05) is 0 Å². The summed E-state index contributed by atoms with van der Waals surface area (Å²) in [5.74, 6) is 0.757. The predicted molar refractivity (Wildman–Crippen MR) is 51.0 cm³/mol. The summed E-state index contributed by atoms with van der Waals surface area (Å²) in [4.78, 5) is 22.0. The van der Waals surface area contributed by atoms with Gasteiger partial charge in [-0.1, -0.05) is 0 Å². The lowest BCUT2D eigenvalue weighted by atomic mass is 10.1. The van der Waals surface area contributed by atoms with Crippen LogP contribution in [-0.2, 0) is 4.79 Å². The van der Waals surface area contributed by atoms with Crippen molar-refractivity contribution in [3.8, 4) is 0 Å². The summed E-state index contributed by atoms with van der Waals surface area (Å²) in [5.41, 5.74) is 0. The first-order valence-corrected chi connectivity index (χ1v) is 4.76. The van der Waals surface area contributed by atoms with Gasteiger partial charge in [-0.2, -0.15) is 0 Å². The lowest BCUT2D eigenvalue weighted by molar-refractivity contribution is -0.131. The quantitative estimate of drug-likeness (QED) is 0.492. The largest absolute Gasteiger partial charge is 0.362 e. The summed E-state index contributed by atoms with van der Waals surface area (Å²) in [6.45, 7) is 1.55. The molecule has 3 rings (SSSR count). The van der Waals surface area contributed by atoms with Gasteiger partial charge in [0.05, 0.1) is 6.34 Å². The molecule has 3 aliphatic rings. The topological polar surface area (TPSA) is 69.1 Å². The monoisotopic (exact) mass is 193 g/mol. The molecular weight excluding hydrogens is 182 g/mol. The van der Waals surface area contributed by atoms with Crippen LogP contribution < -0.4 is 10.6 Å². The fourth-order valence-electron chi connectivity index (χ4n) is 1.95. The van der Waals surface area contributed by atoms with E-state index in [0.717, 1.165) is 19.5 Å². The molecule has 3 aliphatic heterocycles. The second-order valence-corrected chi connectivity index (χ2v) is 3.56. The van der Waals surface area contributed by atoms with Gasteiger partial charge < -0.3 is 10.6 Å². The predicted octanol–water partition coefficient (Wildman–Crippen LogP) is -1.50. The van der Waals surface area contributed by atoms with Crippen LogP contribution in [0.3, 0.4) is 0 Å². The zero-order chi connectivity index (χ0) is 9.54. The van der Waals surface area contributed by atoms with Gasteiger partial charge in [0.2, 0.25) is 5.96 Å². The number of carbonyl (C=O) groups is 1. The highest BCUT2D eigenvalue weighted by Gasteiger charge is 2.41. The number of nitrogens with one attached hydrogen (secondary N) is 2. The van der Waals surface area contributed by atoms with E-state index in [4.69, 9.17) is 0 Å². The van der Waals surface area contributed by atoms with E-state index in [-0.39, 0.29) is 18.1 Å². The molecule has 0 aliphatic carbocycles. The molecule has 2 N–H and O–H groups in total. The molecule has 6 heteroatoms. The first-order chi connectivity index (χ1) is 6.86.